The summed E-state index contributed by atoms with van der Waals surface area (Å²) in [5.74, 6) is -0.154. The van der Waals surface area contributed by atoms with E-state index in [1.165, 1.54) is 13.8 Å². The summed E-state index contributed by atoms with van der Waals surface area (Å²) in [6.45, 7) is 2.71. The maximum Gasteiger partial charge on any atom is 0.511 e. The van der Waals surface area contributed by atoms with Crippen molar-refractivity contribution < 1.29 is 19.4 Å². The van der Waals surface area contributed by atoms with Crippen LogP contribution in [0.3, 0.4) is 0 Å². The second-order valence-corrected chi connectivity index (χ2v) is 1.73. The first-order valence-electron chi connectivity index (χ1n) is 2.62. The summed E-state index contributed by atoms with van der Waals surface area (Å²) >= 11 is 0. The van der Waals surface area contributed by atoms with Crippen molar-refractivity contribution in [2.45, 2.75) is 13.8 Å². The van der Waals surface area contributed by atoms with Crippen LogP contribution in [-0.4, -0.2) is 17.0 Å². The minimum absolute atomic E-state index is 0.0833. The molecule has 0 atom stereocenters. The molecule has 1 N–H and O–H groups in total. The second-order valence-electron chi connectivity index (χ2n) is 1.73. The highest BCUT2D eigenvalue weighted by Gasteiger charge is 1.98. The summed E-state index contributed by atoms with van der Waals surface area (Å²) in [5, 5.41) is 8.02. The quantitative estimate of drug-likeness (QED) is 0.359. The van der Waals surface area contributed by atoms with Crippen LogP contribution in [-0.2, 0) is 9.53 Å². The molecule has 0 saturated carbocycles. The van der Waals surface area contributed by atoms with E-state index in [4.69, 9.17) is 5.11 Å². The first-order valence-corrected chi connectivity index (χ1v) is 2.62. The average molecular weight is 144 g/mol. The summed E-state index contributed by atoms with van der Waals surface area (Å²) < 4.78 is 4.12. The lowest BCUT2D eigenvalue weighted by Crippen LogP contribution is -1.98. The highest BCUT2D eigenvalue weighted by atomic mass is 16.7. The molecule has 0 unspecified atom stereocenters. The molecular formula is C6H8O4. The van der Waals surface area contributed by atoms with E-state index < -0.39 is 6.16 Å². The summed E-state index contributed by atoms with van der Waals surface area (Å²) in [7, 11) is 0. The first kappa shape index (κ1) is 8.68. The van der Waals surface area contributed by atoms with Gasteiger partial charge >= 0.3 is 6.16 Å². The van der Waals surface area contributed by atoms with Gasteiger partial charge in [-0.05, 0) is 13.8 Å². The fourth-order valence-corrected chi connectivity index (χ4v) is 0.453. The van der Waals surface area contributed by atoms with Gasteiger partial charge in [0.2, 0.25) is 0 Å². The molecule has 0 aromatic rings. The van der Waals surface area contributed by atoms with Crippen molar-refractivity contribution in [3.05, 3.63) is 11.8 Å². The molecule has 56 valence electrons. The molecule has 10 heavy (non-hydrogen) atoms. The Kier molecular flexibility index (Phi) is 3.17. The van der Waals surface area contributed by atoms with Gasteiger partial charge in [0.15, 0.2) is 5.78 Å². The monoisotopic (exact) mass is 144 g/mol. The molecular weight excluding hydrogens is 136 g/mol. The molecule has 0 aliphatic heterocycles. The van der Waals surface area contributed by atoms with Crippen molar-refractivity contribution in [3.63, 3.8) is 0 Å². The van der Waals surface area contributed by atoms with Gasteiger partial charge in [-0.2, -0.15) is 0 Å². The molecule has 0 rings (SSSR count). The van der Waals surface area contributed by atoms with Gasteiger partial charge in [0.25, 0.3) is 0 Å². The van der Waals surface area contributed by atoms with E-state index in [0.29, 0.717) is 0 Å². The van der Waals surface area contributed by atoms with Crippen LogP contribution >= 0.6 is 0 Å². The van der Waals surface area contributed by atoms with Gasteiger partial charge in [0.1, 0.15) is 5.76 Å². The molecule has 0 aromatic carbocycles. The summed E-state index contributed by atoms with van der Waals surface area (Å²) in [6, 6.07) is 0. The van der Waals surface area contributed by atoms with Gasteiger partial charge in [-0.15, -0.1) is 0 Å². The van der Waals surface area contributed by atoms with Crippen molar-refractivity contribution in [1.82, 2.24) is 0 Å². The highest BCUT2D eigenvalue weighted by Crippen LogP contribution is 1.94. The van der Waals surface area contributed by atoms with Gasteiger partial charge < -0.3 is 9.84 Å². The van der Waals surface area contributed by atoms with Crippen LogP contribution in [0.5, 0.6) is 0 Å². The minimum atomic E-state index is -1.41. The largest absolute Gasteiger partial charge is 0.511 e. The van der Waals surface area contributed by atoms with Gasteiger partial charge in [-0.3, -0.25) is 4.79 Å². The van der Waals surface area contributed by atoms with Crippen molar-refractivity contribution in [2.24, 2.45) is 0 Å². The molecule has 0 heterocycles. The van der Waals surface area contributed by atoms with Gasteiger partial charge in [-0.1, -0.05) is 0 Å². The van der Waals surface area contributed by atoms with Gasteiger partial charge in [0, 0.05) is 6.08 Å². The maximum absolute atomic E-state index is 10.3. The van der Waals surface area contributed by atoms with Crippen molar-refractivity contribution in [2.75, 3.05) is 0 Å². The SMILES string of the molecule is CC(=O)C=C(C)OC(=O)O. The first-order chi connectivity index (χ1) is 4.52. The third-order valence-corrected chi connectivity index (χ3v) is 0.655. The standard InChI is InChI=1S/C6H8O4/c1-4(7)3-5(2)10-6(8)9/h3H,1-2H3,(H,8,9). The van der Waals surface area contributed by atoms with Crippen LogP contribution in [0.15, 0.2) is 11.8 Å². The minimum Gasteiger partial charge on any atom is -0.449 e. The lowest BCUT2D eigenvalue weighted by atomic mass is 10.4. The Morgan fingerprint density at radius 2 is 1.90 bits per heavy atom. The average Bonchev–Trinajstić information content (AvgIpc) is 1.58. The van der Waals surface area contributed by atoms with Crippen LogP contribution in [0.1, 0.15) is 13.8 Å². The van der Waals surface area contributed by atoms with Crippen LogP contribution in [0, 0.1) is 0 Å². The van der Waals surface area contributed by atoms with E-state index in [2.05, 4.69) is 4.74 Å². The van der Waals surface area contributed by atoms with E-state index in [1.54, 1.807) is 0 Å². The number of carbonyl (C=O) groups excluding carboxylic acids is 1. The van der Waals surface area contributed by atoms with E-state index in [0.717, 1.165) is 6.08 Å². The summed E-state index contributed by atoms with van der Waals surface area (Å²) in [5.41, 5.74) is 0. The molecule has 0 bridgehead atoms. The predicted octanol–water partition coefficient (Wildman–Crippen LogP) is 1.17. The zero-order chi connectivity index (χ0) is 8.15. The fourth-order valence-electron chi connectivity index (χ4n) is 0.453. The number of ketones is 1. The molecule has 0 saturated heterocycles. The van der Waals surface area contributed by atoms with E-state index in [1.807, 2.05) is 0 Å². The molecule has 0 aromatic heterocycles. The second kappa shape index (κ2) is 3.66. The van der Waals surface area contributed by atoms with Gasteiger partial charge in [0.05, 0.1) is 0 Å². The molecule has 4 nitrogen and oxygen atoms in total. The molecule has 0 aliphatic carbocycles. The fraction of sp³-hybridized carbons (Fsp3) is 0.333. The predicted molar refractivity (Wildman–Crippen MR) is 33.5 cm³/mol. The number of rotatable bonds is 2. The molecule has 0 amide bonds. The van der Waals surface area contributed by atoms with Crippen LogP contribution in [0.25, 0.3) is 0 Å². The van der Waals surface area contributed by atoms with Crippen LogP contribution in [0.2, 0.25) is 0 Å². The maximum atomic E-state index is 10.3. The van der Waals surface area contributed by atoms with Crippen molar-refractivity contribution in [1.29, 1.82) is 0 Å². The van der Waals surface area contributed by atoms with E-state index >= 15 is 0 Å². The smallest absolute Gasteiger partial charge is 0.449 e. The highest BCUT2D eigenvalue weighted by molar-refractivity contribution is 5.87. The number of hydrogen-bond acceptors (Lipinski definition) is 3. The summed E-state index contributed by atoms with van der Waals surface area (Å²) in [6.07, 6.45) is -0.302. The van der Waals surface area contributed by atoms with Crippen molar-refractivity contribution in [3.8, 4) is 0 Å². The number of carbonyl (C=O) groups is 2. The lowest BCUT2D eigenvalue weighted by Gasteiger charge is -1.95. The Labute approximate surface area is 58.1 Å². The zero-order valence-corrected chi connectivity index (χ0v) is 5.75. The van der Waals surface area contributed by atoms with Crippen LogP contribution in [0.4, 0.5) is 4.79 Å². The van der Waals surface area contributed by atoms with Crippen LogP contribution < -0.4 is 0 Å². The topological polar surface area (TPSA) is 63.6 Å². The molecule has 0 spiro atoms. The third-order valence-electron chi connectivity index (χ3n) is 0.655. The normalized spacial score (nSPS) is 10.8. The Bertz CT molecular complexity index is 180. The lowest BCUT2D eigenvalue weighted by molar-refractivity contribution is -0.112. The zero-order valence-electron chi connectivity index (χ0n) is 5.75. The van der Waals surface area contributed by atoms with E-state index in [-0.39, 0.29) is 11.5 Å². The number of hydrogen-bond donors (Lipinski definition) is 1. The summed E-state index contributed by atoms with van der Waals surface area (Å²) in [4.78, 5) is 20.1. The third kappa shape index (κ3) is 4.83. The molecule has 4 heteroatoms. The number of allylic oxidation sites excluding steroid dienone is 2. The molecule has 0 fully saturated rings. The number of ether oxygens (including phenoxy) is 1. The van der Waals surface area contributed by atoms with E-state index in [9.17, 15) is 9.59 Å². The van der Waals surface area contributed by atoms with Crippen molar-refractivity contribution >= 4 is 11.9 Å². The Morgan fingerprint density at radius 3 is 2.20 bits per heavy atom. The number of carboxylic acid groups (broad SMARTS) is 1. The Hall–Kier alpha value is -1.32. The molecule has 0 aliphatic rings. The Balaban J connectivity index is 3.95. The molecule has 0 radical (unpaired) electrons. The van der Waals surface area contributed by atoms with Gasteiger partial charge in [-0.25, -0.2) is 4.79 Å². The Morgan fingerprint density at radius 1 is 1.40 bits per heavy atom.